The maximum absolute atomic E-state index is 12.5. The van der Waals surface area contributed by atoms with Crippen molar-refractivity contribution in [2.45, 2.75) is 24.8 Å². The first-order valence-electron chi connectivity index (χ1n) is 9.49. The zero-order valence-corrected chi connectivity index (χ0v) is 17.4. The molecule has 2 heterocycles. The van der Waals surface area contributed by atoms with Gasteiger partial charge < -0.3 is 9.72 Å². The molecule has 152 valence electrons. The van der Waals surface area contributed by atoms with Gasteiger partial charge in [0.25, 0.3) is 0 Å². The summed E-state index contributed by atoms with van der Waals surface area (Å²) in [5.41, 5.74) is 3.78. The zero-order valence-electron chi connectivity index (χ0n) is 16.6. The minimum Gasteiger partial charge on any atom is -0.462 e. The molecule has 2 N–H and O–H groups in total. The molecule has 0 aliphatic rings. The molecule has 2 aromatic carbocycles. The lowest BCUT2D eigenvalue weighted by atomic mass is 10.1. The summed E-state index contributed by atoms with van der Waals surface area (Å²) in [6, 6.07) is 14.5. The van der Waals surface area contributed by atoms with E-state index in [0.29, 0.717) is 33.2 Å². The van der Waals surface area contributed by atoms with Crippen LogP contribution in [0.1, 0.15) is 28.5 Å². The molecule has 0 spiro atoms. The van der Waals surface area contributed by atoms with Crippen LogP contribution >= 0.6 is 11.8 Å². The van der Waals surface area contributed by atoms with Crippen molar-refractivity contribution < 1.29 is 9.53 Å². The van der Waals surface area contributed by atoms with E-state index in [4.69, 9.17) is 4.74 Å². The van der Waals surface area contributed by atoms with Crippen molar-refractivity contribution in [3.63, 3.8) is 0 Å². The summed E-state index contributed by atoms with van der Waals surface area (Å²) in [5.74, 6) is 0.777. The van der Waals surface area contributed by atoms with Crippen LogP contribution in [0.3, 0.4) is 0 Å². The minimum absolute atomic E-state index is 0.152. The van der Waals surface area contributed by atoms with Crippen molar-refractivity contribution in [3.8, 4) is 11.4 Å². The summed E-state index contributed by atoms with van der Waals surface area (Å²) in [6.07, 6.45) is 0. The highest BCUT2D eigenvalue weighted by Gasteiger charge is 2.11. The fourth-order valence-corrected chi connectivity index (χ4v) is 3.72. The van der Waals surface area contributed by atoms with Gasteiger partial charge in [-0.05, 0) is 32.0 Å². The summed E-state index contributed by atoms with van der Waals surface area (Å²) in [4.78, 5) is 32.2. The molecule has 8 heteroatoms. The number of rotatable bonds is 6. The van der Waals surface area contributed by atoms with Gasteiger partial charge in [-0.15, -0.1) is 5.10 Å². The first-order valence-corrected chi connectivity index (χ1v) is 10.5. The minimum atomic E-state index is -0.438. The van der Waals surface area contributed by atoms with E-state index >= 15 is 0 Å². The normalized spacial score (nSPS) is 11.0. The van der Waals surface area contributed by atoms with Crippen molar-refractivity contribution in [2.75, 3.05) is 6.61 Å². The lowest BCUT2D eigenvalue weighted by Crippen LogP contribution is -2.08. The molecular weight excluding hydrogens is 400 g/mol. The van der Waals surface area contributed by atoms with Gasteiger partial charge in [0.05, 0.1) is 12.2 Å². The van der Waals surface area contributed by atoms with Gasteiger partial charge in [-0.1, -0.05) is 41.6 Å². The number of fused-ring (bicyclic) bond motifs is 1. The lowest BCUT2D eigenvalue weighted by Gasteiger charge is -2.06. The molecular formula is C22H20N4O3S. The van der Waals surface area contributed by atoms with Crippen molar-refractivity contribution in [2.24, 2.45) is 0 Å². The third-order valence-electron chi connectivity index (χ3n) is 4.54. The highest BCUT2D eigenvalue weighted by atomic mass is 32.2. The number of thioether (sulfide) groups is 1. The second-order valence-electron chi connectivity index (χ2n) is 6.76. The number of aromatic nitrogens is 4. The summed E-state index contributed by atoms with van der Waals surface area (Å²) in [7, 11) is 0. The van der Waals surface area contributed by atoms with Gasteiger partial charge in [-0.25, -0.2) is 9.78 Å². The summed E-state index contributed by atoms with van der Waals surface area (Å²) < 4.78 is 5.00. The van der Waals surface area contributed by atoms with Crippen molar-refractivity contribution in [1.29, 1.82) is 0 Å². The fraction of sp³-hybridized carbons (Fsp3) is 0.182. The largest absolute Gasteiger partial charge is 0.462 e. The Hall–Kier alpha value is -3.39. The number of nitrogens with one attached hydrogen (secondary N) is 2. The van der Waals surface area contributed by atoms with E-state index in [1.165, 1.54) is 23.4 Å². The van der Waals surface area contributed by atoms with Crippen LogP contribution < -0.4 is 5.43 Å². The van der Waals surface area contributed by atoms with Crippen molar-refractivity contribution >= 4 is 28.6 Å². The fourth-order valence-electron chi connectivity index (χ4n) is 3.02. The molecule has 4 aromatic rings. The van der Waals surface area contributed by atoms with E-state index in [0.717, 1.165) is 11.3 Å². The van der Waals surface area contributed by atoms with E-state index < -0.39 is 5.97 Å². The number of hydrogen-bond acceptors (Lipinski definition) is 6. The second kappa shape index (κ2) is 8.54. The summed E-state index contributed by atoms with van der Waals surface area (Å²) in [5, 5.41) is 8.25. The predicted octanol–water partition coefficient (Wildman–Crippen LogP) is 4.09. The zero-order chi connectivity index (χ0) is 21.1. The maximum atomic E-state index is 12.5. The molecule has 0 unspecified atom stereocenters. The molecule has 0 radical (unpaired) electrons. The number of benzene rings is 2. The number of pyridine rings is 1. The number of hydrogen-bond donors (Lipinski definition) is 2. The lowest BCUT2D eigenvalue weighted by molar-refractivity contribution is 0.0526. The third-order valence-corrected chi connectivity index (χ3v) is 5.44. The van der Waals surface area contributed by atoms with Crippen LogP contribution in [0.25, 0.3) is 22.3 Å². The number of aromatic amines is 2. The SMILES string of the molecule is CCOC(=O)c1ccc2[nH]c(CSc3n[nH]c(-c4ccc(C)cc4)n3)cc(=O)c2c1. The highest BCUT2D eigenvalue weighted by molar-refractivity contribution is 7.98. The smallest absolute Gasteiger partial charge is 0.338 e. The molecule has 0 fully saturated rings. The molecule has 0 atom stereocenters. The predicted molar refractivity (Wildman–Crippen MR) is 117 cm³/mol. The Morgan fingerprint density at radius 2 is 1.93 bits per heavy atom. The monoisotopic (exact) mass is 420 g/mol. The number of nitrogens with zero attached hydrogens (tertiary/aromatic N) is 2. The summed E-state index contributed by atoms with van der Waals surface area (Å²) >= 11 is 1.43. The van der Waals surface area contributed by atoms with Gasteiger partial charge in [-0.3, -0.25) is 9.89 Å². The first kappa shape index (κ1) is 19.9. The van der Waals surface area contributed by atoms with Gasteiger partial charge in [0.15, 0.2) is 11.3 Å². The van der Waals surface area contributed by atoms with Gasteiger partial charge in [0, 0.05) is 34.0 Å². The Morgan fingerprint density at radius 1 is 1.13 bits per heavy atom. The van der Waals surface area contributed by atoms with Gasteiger partial charge in [0.1, 0.15) is 0 Å². The molecule has 2 aromatic heterocycles. The molecule has 0 saturated heterocycles. The van der Waals surface area contributed by atoms with E-state index in [2.05, 4.69) is 20.2 Å². The highest BCUT2D eigenvalue weighted by Crippen LogP contribution is 2.22. The van der Waals surface area contributed by atoms with Crippen LogP contribution in [0, 0.1) is 6.92 Å². The van der Waals surface area contributed by atoms with Gasteiger partial charge in [0.2, 0.25) is 5.16 Å². The van der Waals surface area contributed by atoms with E-state index in [-0.39, 0.29) is 12.0 Å². The van der Waals surface area contributed by atoms with Crippen LogP contribution in [0.15, 0.2) is 58.5 Å². The molecule has 0 bridgehead atoms. The Bertz CT molecular complexity index is 1260. The molecule has 0 aliphatic carbocycles. The van der Waals surface area contributed by atoms with Crippen LogP contribution in [-0.2, 0) is 10.5 Å². The number of ether oxygens (including phenoxy) is 1. The molecule has 0 aliphatic heterocycles. The Balaban J connectivity index is 1.50. The molecule has 30 heavy (non-hydrogen) atoms. The van der Waals surface area contributed by atoms with Gasteiger partial charge in [-0.2, -0.15) is 0 Å². The third kappa shape index (κ3) is 4.28. The molecule has 0 amide bonds. The van der Waals surface area contributed by atoms with Crippen molar-refractivity contribution in [3.05, 3.63) is 75.6 Å². The van der Waals surface area contributed by atoms with Crippen LogP contribution in [-0.4, -0.2) is 32.7 Å². The average Bonchev–Trinajstić information content (AvgIpc) is 3.22. The number of esters is 1. The van der Waals surface area contributed by atoms with Crippen LogP contribution in [0.5, 0.6) is 0 Å². The summed E-state index contributed by atoms with van der Waals surface area (Å²) in [6.45, 7) is 4.07. The van der Waals surface area contributed by atoms with E-state index in [1.54, 1.807) is 25.1 Å². The Kier molecular flexibility index (Phi) is 5.67. The van der Waals surface area contributed by atoms with Crippen LogP contribution in [0.4, 0.5) is 0 Å². The second-order valence-corrected chi connectivity index (χ2v) is 7.70. The Labute approximate surface area is 176 Å². The standard InChI is InChI=1S/C22H20N4O3S/c1-3-29-21(28)15-8-9-18-17(10-15)19(27)11-16(23-18)12-30-22-24-20(25-26-22)14-6-4-13(2)5-7-14/h4-11H,3,12H2,1-2H3,(H,23,27)(H,24,25,26). The first-order chi connectivity index (χ1) is 14.5. The van der Waals surface area contributed by atoms with Crippen molar-refractivity contribution in [1.82, 2.24) is 20.2 Å². The topological polar surface area (TPSA) is 101 Å². The van der Waals surface area contributed by atoms with E-state index in [1.807, 2.05) is 31.2 Å². The number of aryl methyl sites for hydroxylation is 1. The van der Waals surface area contributed by atoms with Crippen LogP contribution in [0.2, 0.25) is 0 Å². The number of H-pyrrole nitrogens is 2. The number of carbonyl (C=O) groups excluding carboxylic acids is 1. The number of carbonyl (C=O) groups is 1. The maximum Gasteiger partial charge on any atom is 0.338 e. The molecule has 7 nitrogen and oxygen atoms in total. The Morgan fingerprint density at radius 3 is 2.70 bits per heavy atom. The molecule has 0 saturated carbocycles. The average molecular weight is 420 g/mol. The quantitative estimate of drug-likeness (QED) is 0.360. The van der Waals surface area contributed by atoms with E-state index in [9.17, 15) is 9.59 Å². The van der Waals surface area contributed by atoms with Gasteiger partial charge >= 0.3 is 5.97 Å². The molecule has 4 rings (SSSR count).